The average molecular weight is 713 g/mol. The van der Waals surface area contributed by atoms with Gasteiger partial charge in [-0.05, 0) is 41.3 Å². The summed E-state index contributed by atoms with van der Waals surface area (Å²) in [5, 5.41) is 14.2. The van der Waals surface area contributed by atoms with E-state index >= 15 is 0 Å². The van der Waals surface area contributed by atoms with E-state index in [1.165, 1.54) is 31.7 Å². The minimum Gasteiger partial charge on any atom is -0.448 e. The molecular weight excluding hydrogens is 685 g/mol. The van der Waals surface area contributed by atoms with Crippen LogP contribution in [0.4, 0.5) is 34.6 Å². The van der Waals surface area contributed by atoms with E-state index in [0.717, 1.165) is 43.9 Å². The van der Waals surface area contributed by atoms with Crippen LogP contribution in [-0.4, -0.2) is 57.5 Å². The fourth-order valence-electron chi connectivity index (χ4n) is 5.72. The number of urea groups is 1. The molecule has 7 rings (SSSR count). The van der Waals surface area contributed by atoms with Gasteiger partial charge in [0.25, 0.3) is 5.89 Å². The number of carbonyl (C=O) groups excluding carboxylic acids is 2. The number of carbonyl (C=O) groups is 2. The molecule has 258 valence electrons. The van der Waals surface area contributed by atoms with Gasteiger partial charge in [0.15, 0.2) is 5.69 Å². The molecular formula is C35H27F3N8O4S. The number of rotatable bonds is 8. The van der Waals surface area contributed by atoms with Crippen LogP contribution in [0.25, 0.3) is 44.3 Å². The summed E-state index contributed by atoms with van der Waals surface area (Å²) in [6, 6.07) is 18.4. The third kappa shape index (κ3) is 6.72. The first-order valence-corrected chi connectivity index (χ1v) is 16.4. The number of aromatic nitrogens is 5. The molecule has 0 unspecified atom stereocenters. The molecule has 1 aliphatic carbocycles. The van der Waals surface area contributed by atoms with Crippen LogP contribution in [0.3, 0.4) is 0 Å². The third-order valence-electron chi connectivity index (χ3n) is 8.12. The van der Waals surface area contributed by atoms with Crippen LogP contribution >= 0.6 is 11.3 Å². The molecule has 0 saturated heterocycles. The number of benzene rings is 2. The summed E-state index contributed by atoms with van der Waals surface area (Å²) in [6.45, 7) is 2.19. The van der Waals surface area contributed by atoms with Crippen molar-refractivity contribution in [1.82, 2.24) is 30.5 Å². The molecule has 0 bridgehead atoms. The van der Waals surface area contributed by atoms with Gasteiger partial charge in [0.05, 0.1) is 5.56 Å². The van der Waals surface area contributed by atoms with E-state index < -0.39 is 24.0 Å². The number of nitrogens with one attached hydrogen (secondary N) is 2. The Morgan fingerprint density at radius 1 is 0.941 bits per heavy atom. The van der Waals surface area contributed by atoms with Crippen LogP contribution < -0.4 is 15.5 Å². The normalized spacial score (nSPS) is 12.3. The Morgan fingerprint density at radius 2 is 1.65 bits per heavy atom. The van der Waals surface area contributed by atoms with Gasteiger partial charge in [-0.15, -0.1) is 16.4 Å². The number of pyridine rings is 2. The summed E-state index contributed by atoms with van der Waals surface area (Å²) in [4.78, 5) is 38.7. The maximum atomic E-state index is 13.4. The number of hydrogen-bond donors (Lipinski definition) is 2. The Hall–Kier alpha value is -6.16. The zero-order valence-corrected chi connectivity index (χ0v) is 27.7. The van der Waals surface area contributed by atoms with Gasteiger partial charge in [-0.2, -0.15) is 13.2 Å². The summed E-state index contributed by atoms with van der Waals surface area (Å²) in [6.07, 6.45) is -1.00. The van der Waals surface area contributed by atoms with Crippen molar-refractivity contribution in [3.63, 3.8) is 0 Å². The highest BCUT2D eigenvalue weighted by Gasteiger charge is 2.34. The van der Waals surface area contributed by atoms with E-state index in [2.05, 4.69) is 35.8 Å². The number of halogens is 3. The maximum Gasteiger partial charge on any atom is 0.434 e. The Labute approximate surface area is 292 Å². The van der Waals surface area contributed by atoms with Gasteiger partial charge in [-0.1, -0.05) is 53.6 Å². The largest absolute Gasteiger partial charge is 0.448 e. The molecule has 0 radical (unpaired) electrons. The molecule has 2 N–H and O–H groups in total. The van der Waals surface area contributed by atoms with Crippen molar-refractivity contribution >= 4 is 35.3 Å². The molecule has 4 aromatic heterocycles. The Kier molecular flexibility index (Phi) is 8.91. The van der Waals surface area contributed by atoms with Gasteiger partial charge in [0, 0.05) is 60.2 Å². The lowest BCUT2D eigenvalue weighted by Crippen LogP contribution is -2.28. The lowest BCUT2D eigenvalue weighted by atomic mass is 9.98. The van der Waals surface area contributed by atoms with Crippen LogP contribution in [-0.2, 0) is 10.9 Å². The number of anilines is 2. The van der Waals surface area contributed by atoms with Gasteiger partial charge < -0.3 is 14.5 Å². The highest BCUT2D eigenvalue weighted by atomic mass is 32.1. The first-order valence-electron chi connectivity index (χ1n) is 15.6. The van der Waals surface area contributed by atoms with Gasteiger partial charge in [0.2, 0.25) is 0 Å². The minimum atomic E-state index is -4.64. The number of hydrogen-bond acceptors (Lipinski definition) is 10. The molecule has 12 nitrogen and oxygen atoms in total. The van der Waals surface area contributed by atoms with Gasteiger partial charge in [-0.3, -0.25) is 10.3 Å². The maximum absolute atomic E-state index is 13.4. The Morgan fingerprint density at radius 3 is 2.33 bits per heavy atom. The quantitative estimate of drug-likeness (QED) is 0.161. The van der Waals surface area contributed by atoms with Crippen LogP contribution in [0.2, 0.25) is 0 Å². The molecule has 51 heavy (non-hydrogen) atoms. The summed E-state index contributed by atoms with van der Waals surface area (Å²) in [5.74, 6) is -0.00960. The summed E-state index contributed by atoms with van der Waals surface area (Å²) in [7, 11) is 1.45. The third-order valence-corrected chi connectivity index (χ3v) is 8.99. The van der Waals surface area contributed by atoms with Crippen LogP contribution in [0.5, 0.6) is 0 Å². The number of thiazole rings is 1. The van der Waals surface area contributed by atoms with E-state index in [1.54, 1.807) is 13.0 Å². The highest BCUT2D eigenvalue weighted by molar-refractivity contribution is 7.13. The van der Waals surface area contributed by atoms with Crippen LogP contribution in [0.1, 0.15) is 29.7 Å². The molecule has 0 fully saturated rings. The molecule has 16 heteroatoms. The fourth-order valence-corrected chi connectivity index (χ4v) is 6.58. The van der Waals surface area contributed by atoms with E-state index in [1.807, 2.05) is 48.5 Å². The van der Waals surface area contributed by atoms with E-state index in [-0.39, 0.29) is 40.8 Å². The molecule has 4 heterocycles. The van der Waals surface area contributed by atoms with Gasteiger partial charge in [-0.25, -0.2) is 24.5 Å². The number of ether oxygens (including phenoxy) is 1. The molecule has 1 aliphatic rings. The first-order chi connectivity index (χ1) is 24.6. The zero-order chi connectivity index (χ0) is 35.7. The van der Waals surface area contributed by atoms with Crippen molar-refractivity contribution < 1.29 is 31.9 Å². The van der Waals surface area contributed by atoms with E-state index in [0.29, 0.717) is 23.2 Å². The topological polar surface area (TPSA) is 148 Å². The monoisotopic (exact) mass is 712 g/mol. The first kappa shape index (κ1) is 33.3. The summed E-state index contributed by atoms with van der Waals surface area (Å²) >= 11 is 0.793. The van der Waals surface area contributed by atoms with Crippen LogP contribution in [0, 0.1) is 0 Å². The number of alkyl halides is 3. The van der Waals surface area contributed by atoms with Gasteiger partial charge in [0.1, 0.15) is 17.4 Å². The molecule has 0 atom stereocenters. The lowest BCUT2D eigenvalue weighted by Gasteiger charge is -2.17. The van der Waals surface area contributed by atoms with E-state index in [4.69, 9.17) is 9.15 Å². The van der Waals surface area contributed by atoms with Crippen molar-refractivity contribution in [1.29, 1.82) is 0 Å². The zero-order valence-electron chi connectivity index (χ0n) is 26.9. The van der Waals surface area contributed by atoms with Crippen molar-refractivity contribution in [2.45, 2.75) is 19.0 Å². The number of amides is 3. The van der Waals surface area contributed by atoms with Gasteiger partial charge >= 0.3 is 24.3 Å². The second kappa shape index (κ2) is 13.6. The standard InChI is InChI=1S/C35H27F3N8O4S/c1-3-40-32(47)43-29-13-25(31-42-28(18-51-31)35(36,37)38)26(16-41-29)19-12-20(15-39-14-19)30-44-45-33(50-30)46(2)34(48)49-17-27-23-10-6-4-8-21(23)22-9-5-7-11-24(22)27/h4-16,18,27H,3,17H2,1-2H3,(H2,40,41,43,47). The number of fused-ring (bicyclic) bond motifs is 3. The minimum absolute atomic E-state index is 0.0234. The predicted molar refractivity (Wildman–Crippen MR) is 183 cm³/mol. The second-order valence-electron chi connectivity index (χ2n) is 11.4. The SMILES string of the molecule is CCNC(=O)Nc1cc(-c2nc(C(F)(F)F)cs2)c(-c2cncc(-c3nnc(N(C)C(=O)OCC4c5ccccc5-c5ccccc54)o3)c2)cn1. The van der Waals surface area contributed by atoms with Crippen molar-refractivity contribution in [3.05, 3.63) is 101 Å². The highest BCUT2D eigenvalue weighted by Crippen LogP contribution is 2.45. The molecule has 0 saturated carbocycles. The van der Waals surface area contributed by atoms with Crippen molar-refractivity contribution in [2.75, 3.05) is 30.4 Å². The Bertz CT molecular complexity index is 2210. The molecule has 0 aliphatic heterocycles. The van der Waals surface area contributed by atoms with E-state index in [9.17, 15) is 22.8 Å². The second-order valence-corrected chi connectivity index (χ2v) is 12.2. The van der Waals surface area contributed by atoms with Crippen molar-refractivity contribution in [2.24, 2.45) is 0 Å². The van der Waals surface area contributed by atoms with Crippen LogP contribution in [0.15, 0.2) is 89.1 Å². The average Bonchev–Trinajstić information content (AvgIpc) is 3.89. The summed E-state index contributed by atoms with van der Waals surface area (Å²) < 4.78 is 51.9. The predicted octanol–water partition coefficient (Wildman–Crippen LogP) is 7.86. The molecule has 6 aromatic rings. The lowest BCUT2D eigenvalue weighted by molar-refractivity contribution is -0.140. The smallest absolute Gasteiger partial charge is 0.434 e. The Balaban J connectivity index is 1.12. The molecule has 0 spiro atoms. The summed E-state index contributed by atoms with van der Waals surface area (Å²) in [5.41, 5.74) is 4.76. The number of nitrogens with zero attached hydrogens (tertiary/aromatic N) is 6. The fraction of sp³-hybridized carbons (Fsp3) is 0.171. The van der Waals surface area contributed by atoms with Crippen molar-refractivity contribution in [3.8, 4) is 44.3 Å². The molecule has 2 aromatic carbocycles. The molecule has 3 amide bonds.